The molecule has 1 saturated heterocycles. The summed E-state index contributed by atoms with van der Waals surface area (Å²) >= 11 is 6.59. The summed E-state index contributed by atoms with van der Waals surface area (Å²) in [7, 11) is 1.53. The number of hydrogen-bond donors (Lipinski definition) is 2. The highest BCUT2D eigenvalue weighted by Crippen LogP contribution is 2.34. The monoisotopic (exact) mass is 512 g/mol. The molecule has 35 heavy (non-hydrogen) atoms. The zero-order chi connectivity index (χ0) is 25.1. The molecule has 0 atom stereocenters. The summed E-state index contributed by atoms with van der Waals surface area (Å²) in [5.41, 5.74) is 0.903. The second kappa shape index (κ2) is 10.1. The van der Waals surface area contributed by atoms with Crippen LogP contribution in [-0.2, 0) is 9.59 Å². The molecular formula is C24H17ClN2O7S. The van der Waals surface area contributed by atoms with Crippen LogP contribution in [-0.4, -0.2) is 46.7 Å². The molecule has 2 heterocycles. The number of amides is 3. The molecule has 1 fully saturated rings. The lowest BCUT2D eigenvalue weighted by Gasteiger charge is -2.12. The van der Waals surface area contributed by atoms with Crippen molar-refractivity contribution in [2.75, 3.05) is 19.0 Å². The van der Waals surface area contributed by atoms with Gasteiger partial charge in [-0.15, -0.1) is 0 Å². The first kappa shape index (κ1) is 24.1. The molecule has 1 aliphatic heterocycles. The number of furan rings is 1. The maximum atomic E-state index is 12.7. The normalized spacial score (nSPS) is 14.5. The lowest BCUT2D eigenvalue weighted by Crippen LogP contribution is -2.36. The fourth-order valence-corrected chi connectivity index (χ4v) is 4.23. The number of rotatable bonds is 7. The van der Waals surface area contributed by atoms with Gasteiger partial charge in [-0.2, -0.15) is 0 Å². The van der Waals surface area contributed by atoms with Gasteiger partial charge in [0.2, 0.25) is 5.91 Å². The van der Waals surface area contributed by atoms with Crippen LogP contribution >= 0.6 is 23.4 Å². The molecular weight excluding hydrogens is 496 g/mol. The number of carbonyl (C=O) groups is 4. The van der Waals surface area contributed by atoms with E-state index in [1.807, 2.05) is 0 Å². The molecule has 0 bridgehead atoms. The minimum absolute atomic E-state index is 0.0730. The number of carbonyl (C=O) groups excluding carboxylic acids is 3. The third-order valence-electron chi connectivity index (χ3n) is 4.93. The molecule has 0 saturated carbocycles. The Morgan fingerprint density at radius 3 is 2.57 bits per heavy atom. The van der Waals surface area contributed by atoms with Crippen molar-refractivity contribution in [2.24, 2.45) is 0 Å². The zero-order valence-electron chi connectivity index (χ0n) is 18.1. The van der Waals surface area contributed by atoms with Gasteiger partial charge in [-0.3, -0.25) is 19.3 Å². The second-order valence-corrected chi connectivity index (χ2v) is 8.65. The SMILES string of the molecule is COc1ccc(NC(=O)CN2C(=O)S/C(=C\c3ccc(-c4ccc(Cl)c(C(=O)O)c4)o3)C2=O)cc1. The molecule has 178 valence electrons. The van der Waals surface area contributed by atoms with E-state index in [0.717, 1.165) is 4.90 Å². The fraction of sp³-hybridized carbons (Fsp3) is 0.0833. The Hall–Kier alpha value is -4.02. The Bertz CT molecular complexity index is 1360. The van der Waals surface area contributed by atoms with E-state index in [1.54, 1.807) is 42.5 Å². The number of methoxy groups -OCH3 is 1. The summed E-state index contributed by atoms with van der Waals surface area (Å²) in [4.78, 5) is 49.7. The van der Waals surface area contributed by atoms with E-state index in [1.165, 1.54) is 25.3 Å². The quantitative estimate of drug-likeness (QED) is 0.424. The lowest BCUT2D eigenvalue weighted by molar-refractivity contribution is -0.127. The van der Waals surface area contributed by atoms with Crippen LogP contribution in [0, 0.1) is 0 Å². The van der Waals surface area contributed by atoms with Crippen LogP contribution in [0.25, 0.3) is 17.4 Å². The van der Waals surface area contributed by atoms with Crippen LogP contribution in [0.4, 0.5) is 10.5 Å². The van der Waals surface area contributed by atoms with Crippen molar-refractivity contribution in [3.63, 3.8) is 0 Å². The summed E-state index contributed by atoms with van der Waals surface area (Å²) in [6.07, 6.45) is 1.39. The minimum Gasteiger partial charge on any atom is -0.497 e. The number of hydrogen-bond acceptors (Lipinski definition) is 7. The molecule has 0 spiro atoms. The first-order valence-electron chi connectivity index (χ1n) is 10.1. The summed E-state index contributed by atoms with van der Waals surface area (Å²) in [6, 6.07) is 14.2. The van der Waals surface area contributed by atoms with E-state index in [0.29, 0.717) is 34.5 Å². The van der Waals surface area contributed by atoms with Gasteiger partial charge in [-0.05, 0) is 66.4 Å². The number of halogens is 1. The van der Waals surface area contributed by atoms with E-state index < -0.39 is 29.6 Å². The molecule has 0 aliphatic carbocycles. The number of carboxylic acid groups (broad SMARTS) is 1. The number of nitrogens with one attached hydrogen (secondary N) is 1. The van der Waals surface area contributed by atoms with E-state index in [4.69, 9.17) is 20.8 Å². The number of carboxylic acids is 1. The van der Waals surface area contributed by atoms with Gasteiger partial charge in [-0.25, -0.2) is 4.79 Å². The molecule has 3 aromatic rings. The Kier molecular flexibility index (Phi) is 6.94. The molecule has 2 N–H and O–H groups in total. The van der Waals surface area contributed by atoms with Gasteiger partial charge in [0.25, 0.3) is 11.1 Å². The average Bonchev–Trinajstić information content (AvgIpc) is 3.40. The topological polar surface area (TPSA) is 126 Å². The number of thioether (sulfide) groups is 1. The molecule has 4 rings (SSSR count). The van der Waals surface area contributed by atoms with Gasteiger partial charge in [0.1, 0.15) is 23.8 Å². The van der Waals surface area contributed by atoms with Crippen LogP contribution < -0.4 is 10.1 Å². The van der Waals surface area contributed by atoms with Crippen molar-refractivity contribution >= 4 is 58.1 Å². The summed E-state index contributed by atoms with van der Waals surface area (Å²) in [5.74, 6) is -1.07. The van der Waals surface area contributed by atoms with E-state index in [9.17, 15) is 24.3 Å². The first-order chi connectivity index (χ1) is 16.7. The standard InChI is InChI=1S/C24H17ClN2O7S/c1-33-15-5-3-14(4-6-15)26-21(28)12-27-22(29)20(35-24(27)32)11-16-7-9-19(34-16)13-2-8-18(25)17(10-13)23(30)31/h2-11H,12H2,1H3,(H,26,28)(H,30,31)/b20-11-. The summed E-state index contributed by atoms with van der Waals surface area (Å²) in [5, 5.41) is 11.4. The number of ether oxygens (including phenoxy) is 1. The highest BCUT2D eigenvalue weighted by atomic mass is 35.5. The molecule has 3 amide bonds. The van der Waals surface area contributed by atoms with Gasteiger partial charge in [0.05, 0.1) is 22.6 Å². The third-order valence-corrected chi connectivity index (χ3v) is 6.17. The Morgan fingerprint density at radius 1 is 1.14 bits per heavy atom. The highest BCUT2D eigenvalue weighted by Gasteiger charge is 2.36. The van der Waals surface area contributed by atoms with Crippen molar-refractivity contribution in [2.45, 2.75) is 0 Å². The molecule has 1 aliphatic rings. The second-order valence-electron chi connectivity index (χ2n) is 7.25. The van der Waals surface area contributed by atoms with Crippen molar-refractivity contribution < 1.29 is 33.4 Å². The maximum Gasteiger partial charge on any atom is 0.337 e. The van der Waals surface area contributed by atoms with Crippen LogP contribution in [0.1, 0.15) is 16.1 Å². The number of benzene rings is 2. The number of anilines is 1. The zero-order valence-corrected chi connectivity index (χ0v) is 19.7. The van der Waals surface area contributed by atoms with Gasteiger partial charge < -0.3 is 19.6 Å². The van der Waals surface area contributed by atoms with E-state index >= 15 is 0 Å². The molecule has 2 aromatic carbocycles. The first-order valence-corrected chi connectivity index (χ1v) is 11.3. The highest BCUT2D eigenvalue weighted by molar-refractivity contribution is 8.18. The maximum absolute atomic E-state index is 12.7. The molecule has 0 unspecified atom stereocenters. The Morgan fingerprint density at radius 2 is 1.89 bits per heavy atom. The van der Waals surface area contributed by atoms with Crippen molar-refractivity contribution in [1.82, 2.24) is 4.90 Å². The molecule has 9 nitrogen and oxygen atoms in total. The smallest absolute Gasteiger partial charge is 0.337 e. The summed E-state index contributed by atoms with van der Waals surface area (Å²) < 4.78 is 10.8. The Labute approximate surface area is 208 Å². The van der Waals surface area contributed by atoms with Crippen molar-refractivity contribution in [3.05, 3.63) is 75.8 Å². The lowest BCUT2D eigenvalue weighted by atomic mass is 10.1. The van der Waals surface area contributed by atoms with Crippen molar-refractivity contribution in [3.8, 4) is 17.1 Å². The minimum atomic E-state index is -1.17. The van der Waals surface area contributed by atoms with Crippen molar-refractivity contribution in [1.29, 1.82) is 0 Å². The van der Waals surface area contributed by atoms with E-state index in [2.05, 4.69) is 5.32 Å². The van der Waals surface area contributed by atoms with Crippen LogP contribution in [0.5, 0.6) is 5.75 Å². The molecule has 11 heteroatoms. The van der Waals surface area contributed by atoms with Gasteiger partial charge in [0, 0.05) is 17.3 Å². The fourth-order valence-electron chi connectivity index (χ4n) is 3.21. The van der Waals surface area contributed by atoms with Gasteiger partial charge in [-0.1, -0.05) is 11.6 Å². The van der Waals surface area contributed by atoms with Gasteiger partial charge >= 0.3 is 5.97 Å². The van der Waals surface area contributed by atoms with Crippen LogP contribution in [0.3, 0.4) is 0 Å². The van der Waals surface area contributed by atoms with Crippen LogP contribution in [0.2, 0.25) is 5.02 Å². The predicted molar refractivity (Wildman–Crippen MR) is 130 cm³/mol. The predicted octanol–water partition coefficient (Wildman–Crippen LogP) is 4.98. The Balaban J connectivity index is 1.45. The largest absolute Gasteiger partial charge is 0.497 e. The number of imide groups is 1. The number of aromatic carboxylic acids is 1. The number of nitrogens with zero attached hydrogens (tertiary/aromatic N) is 1. The average molecular weight is 513 g/mol. The third kappa shape index (κ3) is 5.39. The van der Waals surface area contributed by atoms with Crippen LogP contribution in [0.15, 0.2) is 63.9 Å². The molecule has 1 aromatic heterocycles. The van der Waals surface area contributed by atoms with Gasteiger partial charge in [0.15, 0.2) is 0 Å². The molecule has 0 radical (unpaired) electrons. The summed E-state index contributed by atoms with van der Waals surface area (Å²) in [6.45, 7) is -0.444. The van der Waals surface area contributed by atoms with E-state index in [-0.39, 0.29) is 21.3 Å².